The zero-order valence-electron chi connectivity index (χ0n) is 9.62. The SMILES string of the molecule is Clc1cccc(Cl)c1-c1cc(CNC2CC2)sn1. The van der Waals surface area contributed by atoms with E-state index in [0.29, 0.717) is 16.1 Å². The van der Waals surface area contributed by atoms with E-state index in [9.17, 15) is 0 Å². The standard InChI is InChI=1S/C13H12Cl2N2S/c14-10-2-1-3-11(15)13(10)12-6-9(18-17-12)7-16-8-4-5-8/h1-3,6,8,16H,4-5,7H2. The van der Waals surface area contributed by atoms with Gasteiger partial charge in [0.25, 0.3) is 0 Å². The lowest BCUT2D eigenvalue weighted by Gasteiger charge is -2.02. The first-order chi connectivity index (χ1) is 8.74. The Kier molecular flexibility index (Phi) is 3.57. The van der Waals surface area contributed by atoms with Crippen molar-refractivity contribution in [2.24, 2.45) is 0 Å². The Hall–Kier alpha value is -0.610. The summed E-state index contributed by atoms with van der Waals surface area (Å²) in [4.78, 5) is 1.22. The Morgan fingerprint density at radius 1 is 1.28 bits per heavy atom. The Bertz CT molecular complexity index is 544. The van der Waals surface area contributed by atoms with Gasteiger partial charge in [0.1, 0.15) is 0 Å². The van der Waals surface area contributed by atoms with Crippen molar-refractivity contribution in [1.29, 1.82) is 0 Å². The van der Waals surface area contributed by atoms with Crippen molar-refractivity contribution in [3.63, 3.8) is 0 Å². The average molecular weight is 299 g/mol. The topological polar surface area (TPSA) is 24.9 Å². The zero-order chi connectivity index (χ0) is 12.5. The van der Waals surface area contributed by atoms with Crippen LogP contribution in [0, 0.1) is 0 Å². The minimum atomic E-state index is 0.648. The highest BCUT2D eigenvalue weighted by Gasteiger charge is 2.20. The van der Waals surface area contributed by atoms with Gasteiger partial charge in [-0.3, -0.25) is 0 Å². The van der Waals surface area contributed by atoms with Gasteiger partial charge in [-0.25, -0.2) is 0 Å². The molecule has 18 heavy (non-hydrogen) atoms. The smallest absolute Gasteiger partial charge is 0.0874 e. The van der Waals surface area contributed by atoms with Crippen LogP contribution in [0.4, 0.5) is 0 Å². The average Bonchev–Trinajstić information content (AvgIpc) is 3.06. The highest BCUT2D eigenvalue weighted by molar-refractivity contribution is 7.06. The Balaban J connectivity index is 1.83. The van der Waals surface area contributed by atoms with Crippen LogP contribution in [0.15, 0.2) is 24.3 Å². The van der Waals surface area contributed by atoms with Crippen LogP contribution in [0.1, 0.15) is 17.7 Å². The number of benzene rings is 1. The van der Waals surface area contributed by atoms with E-state index in [0.717, 1.165) is 17.8 Å². The first kappa shape index (κ1) is 12.4. The molecule has 0 amide bonds. The quantitative estimate of drug-likeness (QED) is 0.907. The predicted molar refractivity (Wildman–Crippen MR) is 77.4 cm³/mol. The molecule has 0 radical (unpaired) electrons. The van der Waals surface area contributed by atoms with E-state index in [1.54, 1.807) is 0 Å². The summed E-state index contributed by atoms with van der Waals surface area (Å²) in [5.74, 6) is 0. The van der Waals surface area contributed by atoms with E-state index in [-0.39, 0.29) is 0 Å². The highest BCUT2D eigenvalue weighted by Crippen LogP contribution is 2.35. The molecule has 0 bridgehead atoms. The highest BCUT2D eigenvalue weighted by atomic mass is 35.5. The fraction of sp³-hybridized carbons (Fsp3) is 0.308. The van der Waals surface area contributed by atoms with Gasteiger partial charge in [-0.2, -0.15) is 4.37 Å². The van der Waals surface area contributed by atoms with E-state index in [1.165, 1.54) is 29.3 Å². The van der Waals surface area contributed by atoms with E-state index in [4.69, 9.17) is 23.2 Å². The second-order valence-corrected chi connectivity index (χ2v) is 6.13. The van der Waals surface area contributed by atoms with E-state index in [2.05, 4.69) is 15.8 Å². The Morgan fingerprint density at radius 3 is 2.67 bits per heavy atom. The molecule has 1 aromatic heterocycles. The van der Waals surface area contributed by atoms with E-state index < -0.39 is 0 Å². The van der Waals surface area contributed by atoms with Gasteiger partial charge in [0.05, 0.1) is 15.7 Å². The Morgan fingerprint density at radius 2 is 2.00 bits per heavy atom. The fourth-order valence-electron chi connectivity index (χ4n) is 1.79. The van der Waals surface area contributed by atoms with Crippen LogP contribution in [0.5, 0.6) is 0 Å². The van der Waals surface area contributed by atoms with Crippen molar-refractivity contribution in [3.8, 4) is 11.3 Å². The van der Waals surface area contributed by atoms with Gasteiger partial charge in [0.15, 0.2) is 0 Å². The van der Waals surface area contributed by atoms with Crippen molar-refractivity contribution >= 4 is 34.7 Å². The lowest BCUT2D eigenvalue weighted by Crippen LogP contribution is -2.14. The molecule has 5 heteroatoms. The molecule has 0 spiro atoms. The maximum atomic E-state index is 6.18. The maximum Gasteiger partial charge on any atom is 0.0874 e. The van der Waals surface area contributed by atoms with Crippen molar-refractivity contribution in [3.05, 3.63) is 39.2 Å². The van der Waals surface area contributed by atoms with Crippen LogP contribution in [0.25, 0.3) is 11.3 Å². The molecule has 1 saturated carbocycles. The normalized spacial score (nSPS) is 15.0. The molecule has 1 aliphatic carbocycles. The third-order valence-electron chi connectivity index (χ3n) is 2.92. The Labute approximate surface area is 120 Å². The summed E-state index contributed by atoms with van der Waals surface area (Å²) in [7, 11) is 0. The minimum Gasteiger partial charge on any atom is -0.309 e. The van der Waals surface area contributed by atoms with Crippen LogP contribution >= 0.6 is 34.7 Å². The summed E-state index contributed by atoms with van der Waals surface area (Å²) in [6.07, 6.45) is 2.59. The van der Waals surface area contributed by atoms with Crippen LogP contribution in [0.3, 0.4) is 0 Å². The van der Waals surface area contributed by atoms with Crippen molar-refractivity contribution in [2.75, 3.05) is 0 Å². The second kappa shape index (κ2) is 5.17. The summed E-state index contributed by atoms with van der Waals surface area (Å²) in [5, 5.41) is 4.77. The summed E-state index contributed by atoms with van der Waals surface area (Å²) in [6, 6.07) is 8.29. The predicted octanol–water partition coefficient (Wildman–Crippen LogP) is 4.37. The molecule has 0 saturated heterocycles. The first-order valence-electron chi connectivity index (χ1n) is 5.87. The molecule has 2 nitrogen and oxygen atoms in total. The van der Waals surface area contributed by atoms with Gasteiger partial charge in [-0.1, -0.05) is 29.3 Å². The summed E-state index contributed by atoms with van der Waals surface area (Å²) in [6.45, 7) is 0.879. The summed E-state index contributed by atoms with van der Waals surface area (Å²) < 4.78 is 4.44. The molecule has 0 unspecified atom stereocenters. The van der Waals surface area contributed by atoms with Gasteiger partial charge in [0, 0.05) is 23.0 Å². The second-order valence-electron chi connectivity index (χ2n) is 4.43. The van der Waals surface area contributed by atoms with Crippen molar-refractivity contribution < 1.29 is 0 Å². The monoisotopic (exact) mass is 298 g/mol. The molecule has 0 atom stereocenters. The van der Waals surface area contributed by atoms with Crippen molar-refractivity contribution in [1.82, 2.24) is 9.69 Å². The third-order valence-corrected chi connectivity index (χ3v) is 4.33. The largest absolute Gasteiger partial charge is 0.309 e. The number of hydrogen-bond donors (Lipinski definition) is 1. The summed E-state index contributed by atoms with van der Waals surface area (Å²) >= 11 is 13.9. The number of nitrogens with one attached hydrogen (secondary N) is 1. The lowest BCUT2D eigenvalue weighted by molar-refractivity contribution is 0.695. The molecular formula is C13H12Cl2N2S. The third kappa shape index (κ3) is 2.69. The summed E-state index contributed by atoms with van der Waals surface area (Å²) in [5.41, 5.74) is 1.69. The van der Waals surface area contributed by atoms with Crippen LogP contribution in [0.2, 0.25) is 10.0 Å². The number of rotatable bonds is 4. The van der Waals surface area contributed by atoms with E-state index in [1.807, 2.05) is 18.2 Å². The van der Waals surface area contributed by atoms with E-state index >= 15 is 0 Å². The molecule has 94 valence electrons. The van der Waals surface area contributed by atoms with Crippen molar-refractivity contribution in [2.45, 2.75) is 25.4 Å². The molecule has 1 fully saturated rings. The van der Waals surface area contributed by atoms with Crippen LogP contribution in [-0.2, 0) is 6.54 Å². The lowest BCUT2D eigenvalue weighted by atomic mass is 10.1. The van der Waals surface area contributed by atoms with Gasteiger partial charge < -0.3 is 5.32 Å². The van der Waals surface area contributed by atoms with Gasteiger partial charge >= 0.3 is 0 Å². The molecule has 2 aromatic rings. The molecule has 1 aliphatic rings. The molecule has 3 rings (SSSR count). The molecule has 0 aliphatic heterocycles. The first-order valence-corrected chi connectivity index (χ1v) is 7.40. The number of hydrogen-bond acceptors (Lipinski definition) is 3. The molecule has 1 aromatic carbocycles. The minimum absolute atomic E-state index is 0.648. The number of halogens is 2. The van der Waals surface area contributed by atoms with Crippen LogP contribution < -0.4 is 5.32 Å². The zero-order valence-corrected chi connectivity index (χ0v) is 11.9. The van der Waals surface area contributed by atoms with Gasteiger partial charge in [0.2, 0.25) is 0 Å². The van der Waals surface area contributed by atoms with Crippen LogP contribution in [-0.4, -0.2) is 10.4 Å². The number of aromatic nitrogens is 1. The molecular weight excluding hydrogens is 287 g/mol. The fourth-order valence-corrected chi connectivity index (χ4v) is 3.05. The molecule has 1 N–H and O–H groups in total. The molecule has 1 heterocycles. The maximum absolute atomic E-state index is 6.18. The van der Waals surface area contributed by atoms with Gasteiger partial charge in [-0.15, -0.1) is 0 Å². The van der Waals surface area contributed by atoms with Gasteiger partial charge in [-0.05, 0) is 42.6 Å². The number of nitrogens with zero attached hydrogens (tertiary/aromatic N) is 1.